The Kier molecular flexibility index (Phi) is 5.87. The van der Waals surface area contributed by atoms with Gasteiger partial charge in [-0.05, 0) is 64.2 Å². The van der Waals surface area contributed by atoms with Crippen LogP contribution in [-0.4, -0.2) is 41.2 Å². The number of fused-ring (bicyclic) bond motifs is 3. The number of quaternary nitrogens is 2. The maximum absolute atomic E-state index is 9.73. The van der Waals surface area contributed by atoms with Crippen LogP contribution in [-0.2, 0) is 4.74 Å². The smallest absolute Gasteiger partial charge is 0.137 e. The molecular weight excluding hydrogens is 350 g/mol. The summed E-state index contributed by atoms with van der Waals surface area (Å²) in [5.41, 5.74) is 10.6. The molecule has 3 heterocycles. The first kappa shape index (κ1) is 21.0. The SMILES string of the molecule is CC1(C)OC2(C3CCCC(CC4CCC(N)[NH2+]C4)C3)CCC1C([NH3+])(CCO)C2. The van der Waals surface area contributed by atoms with Gasteiger partial charge in [-0.1, -0.05) is 12.8 Å². The Morgan fingerprint density at radius 1 is 1.14 bits per heavy atom. The van der Waals surface area contributed by atoms with Crippen LogP contribution in [0.1, 0.15) is 84.5 Å². The van der Waals surface area contributed by atoms with E-state index in [2.05, 4.69) is 19.2 Å². The lowest BCUT2D eigenvalue weighted by Gasteiger charge is -2.63. The summed E-state index contributed by atoms with van der Waals surface area (Å²) >= 11 is 0. The Bertz CT molecular complexity index is 548. The fraction of sp³-hybridized carbons (Fsp3) is 1.00. The third-order valence-corrected chi connectivity index (χ3v) is 9.04. The summed E-state index contributed by atoms with van der Waals surface area (Å²) in [5, 5.41) is 12.1. The predicted molar refractivity (Wildman–Crippen MR) is 110 cm³/mol. The highest BCUT2D eigenvalue weighted by atomic mass is 16.5. The van der Waals surface area contributed by atoms with Gasteiger partial charge in [0.25, 0.3) is 0 Å². The highest BCUT2D eigenvalue weighted by molar-refractivity contribution is 5.12. The third-order valence-electron chi connectivity index (χ3n) is 9.04. The summed E-state index contributed by atoms with van der Waals surface area (Å²) in [6.07, 6.45) is 13.9. The maximum Gasteiger partial charge on any atom is 0.137 e. The van der Waals surface area contributed by atoms with E-state index in [0.29, 0.717) is 18.0 Å². The van der Waals surface area contributed by atoms with Gasteiger partial charge in [0.05, 0.1) is 17.7 Å². The zero-order chi connectivity index (χ0) is 20.0. The van der Waals surface area contributed by atoms with Gasteiger partial charge in [0.15, 0.2) is 0 Å². The van der Waals surface area contributed by atoms with Crippen molar-refractivity contribution >= 4 is 0 Å². The second kappa shape index (κ2) is 7.81. The topological polar surface area (TPSA) is 99.7 Å². The lowest BCUT2D eigenvalue weighted by atomic mass is 9.53. The van der Waals surface area contributed by atoms with Crippen LogP contribution in [0.25, 0.3) is 0 Å². The molecule has 28 heavy (non-hydrogen) atoms. The largest absolute Gasteiger partial charge is 0.396 e. The Morgan fingerprint density at radius 2 is 1.96 bits per heavy atom. The number of aliphatic hydroxyl groups is 1. The van der Waals surface area contributed by atoms with Crippen LogP contribution in [0.15, 0.2) is 0 Å². The molecule has 0 aromatic carbocycles. The molecule has 0 amide bonds. The number of nitrogens with two attached hydrogens (primary N) is 2. The maximum atomic E-state index is 9.73. The molecule has 0 spiro atoms. The molecule has 5 fully saturated rings. The van der Waals surface area contributed by atoms with Gasteiger partial charge in [0.1, 0.15) is 11.7 Å². The molecule has 2 bridgehead atoms. The number of hydrogen-bond donors (Lipinski definition) is 4. The number of piperidine rings is 1. The summed E-state index contributed by atoms with van der Waals surface area (Å²) in [6.45, 7) is 6.03. The first-order valence-corrected chi connectivity index (χ1v) is 12.0. The second-order valence-corrected chi connectivity index (χ2v) is 11.4. The minimum atomic E-state index is -0.116. The van der Waals surface area contributed by atoms with Crippen molar-refractivity contribution < 1.29 is 20.9 Å². The molecule has 7 atom stereocenters. The predicted octanol–water partition coefficient (Wildman–Crippen LogP) is 1.15. The van der Waals surface area contributed by atoms with Crippen LogP contribution >= 0.6 is 0 Å². The fourth-order valence-electron chi connectivity index (χ4n) is 7.89. The van der Waals surface area contributed by atoms with Gasteiger partial charge in [-0.25, -0.2) is 0 Å². The highest BCUT2D eigenvalue weighted by Crippen LogP contribution is 2.59. The van der Waals surface area contributed by atoms with Crippen LogP contribution in [0.4, 0.5) is 0 Å². The van der Waals surface area contributed by atoms with Crippen molar-refractivity contribution in [2.45, 2.75) is 107 Å². The normalized spacial score (nSPS) is 48.5. The van der Waals surface area contributed by atoms with Crippen LogP contribution in [0.5, 0.6) is 0 Å². The van der Waals surface area contributed by atoms with E-state index in [4.69, 9.17) is 16.2 Å². The van der Waals surface area contributed by atoms with E-state index in [-0.39, 0.29) is 23.3 Å². The monoisotopic (exact) mass is 395 g/mol. The standard InChI is InChI=1S/C23H43N3O2/c1-21(2)19-8-9-23(28-21,15-22(19,25)10-11-27)18-5-3-4-16(13-18)12-17-6-7-20(24)26-14-17/h16-20,26-27H,3-15,24-25H2,1-2H3/p+2. The number of hydrogen-bond acceptors (Lipinski definition) is 3. The zero-order valence-electron chi connectivity index (χ0n) is 18.3. The Labute approximate surface area is 171 Å². The van der Waals surface area contributed by atoms with Crippen molar-refractivity contribution in [2.24, 2.45) is 29.4 Å². The van der Waals surface area contributed by atoms with Crippen molar-refractivity contribution in [2.75, 3.05) is 13.2 Å². The van der Waals surface area contributed by atoms with Crippen LogP contribution < -0.4 is 16.8 Å². The van der Waals surface area contributed by atoms with E-state index in [1.807, 2.05) is 0 Å². The molecule has 5 rings (SSSR count). The summed E-state index contributed by atoms with van der Waals surface area (Å²) in [5.74, 6) is 2.84. The number of ether oxygens (including phenoxy) is 1. The molecule has 5 heteroatoms. The quantitative estimate of drug-likeness (QED) is 0.562. The lowest BCUT2D eigenvalue weighted by molar-refractivity contribution is -0.703. The molecule has 0 aromatic rings. The van der Waals surface area contributed by atoms with Gasteiger partial charge < -0.3 is 20.9 Å². The van der Waals surface area contributed by atoms with Crippen molar-refractivity contribution in [1.82, 2.24) is 0 Å². The van der Waals surface area contributed by atoms with Crippen LogP contribution in [0.3, 0.4) is 0 Å². The minimum Gasteiger partial charge on any atom is -0.396 e. The molecule has 5 aliphatic rings. The number of rotatable bonds is 5. The van der Waals surface area contributed by atoms with Gasteiger partial charge in [-0.2, -0.15) is 0 Å². The van der Waals surface area contributed by atoms with Crippen LogP contribution in [0.2, 0.25) is 0 Å². The highest BCUT2D eigenvalue weighted by Gasteiger charge is 2.65. The Balaban J connectivity index is 1.46. The van der Waals surface area contributed by atoms with E-state index >= 15 is 0 Å². The van der Waals surface area contributed by atoms with E-state index in [1.165, 1.54) is 64.3 Å². The van der Waals surface area contributed by atoms with Gasteiger partial charge in [0.2, 0.25) is 0 Å². The zero-order valence-corrected chi connectivity index (χ0v) is 18.3. The third kappa shape index (κ3) is 3.90. The molecule has 0 aromatic heterocycles. The number of aliphatic hydroxyl groups excluding tert-OH is 1. The van der Waals surface area contributed by atoms with E-state index < -0.39 is 0 Å². The van der Waals surface area contributed by atoms with Crippen molar-refractivity contribution in [1.29, 1.82) is 0 Å². The molecule has 2 saturated carbocycles. The molecule has 3 aliphatic heterocycles. The fourth-order valence-corrected chi connectivity index (χ4v) is 7.89. The first-order chi connectivity index (χ1) is 13.3. The molecule has 8 N–H and O–H groups in total. The Morgan fingerprint density at radius 3 is 2.64 bits per heavy atom. The lowest BCUT2D eigenvalue weighted by Crippen LogP contribution is -2.95. The Hall–Kier alpha value is -0.200. The van der Waals surface area contributed by atoms with Crippen molar-refractivity contribution in [3.8, 4) is 0 Å². The summed E-state index contributed by atoms with van der Waals surface area (Å²) < 4.78 is 6.95. The average Bonchev–Trinajstić information content (AvgIpc) is 2.63. The molecule has 7 unspecified atom stereocenters. The molecular formula is C23H45N3O2+2. The molecule has 0 radical (unpaired) electrons. The van der Waals surface area contributed by atoms with Gasteiger partial charge in [0, 0.05) is 37.7 Å². The first-order valence-electron chi connectivity index (χ1n) is 12.0. The summed E-state index contributed by atoms with van der Waals surface area (Å²) in [6, 6.07) is 0. The van der Waals surface area contributed by atoms with E-state index in [9.17, 15) is 5.11 Å². The van der Waals surface area contributed by atoms with E-state index in [1.54, 1.807) is 0 Å². The van der Waals surface area contributed by atoms with Gasteiger partial charge in [-0.3, -0.25) is 5.73 Å². The summed E-state index contributed by atoms with van der Waals surface area (Å²) in [7, 11) is 0. The van der Waals surface area contributed by atoms with E-state index in [0.717, 1.165) is 24.7 Å². The minimum absolute atomic E-state index is 0.00508. The molecule has 2 aliphatic carbocycles. The van der Waals surface area contributed by atoms with Crippen molar-refractivity contribution in [3.05, 3.63) is 0 Å². The van der Waals surface area contributed by atoms with Crippen molar-refractivity contribution in [3.63, 3.8) is 0 Å². The molecule has 5 nitrogen and oxygen atoms in total. The summed E-state index contributed by atoms with van der Waals surface area (Å²) in [4.78, 5) is 0. The van der Waals surface area contributed by atoms with Crippen LogP contribution in [0, 0.1) is 23.7 Å². The second-order valence-electron chi connectivity index (χ2n) is 11.4. The molecule has 3 saturated heterocycles. The average molecular weight is 396 g/mol. The van der Waals surface area contributed by atoms with Gasteiger partial charge in [-0.15, -0.1) is 0 Å². The molecule has 162 valence electrons. The van der Waals surface area contributed by atoms with Gasteiger partial charge >= 0.3 is 0 Å².